The average Bonchev–Trinajstić information content (AvgIpc) is 2.70. The number of fused-ring (bicyclic) bond motifs is 1. The highest BCUT2D eigenvalue weighted by Crippen LogP contribution is 2.31. The molecule has 0 saturated carbocycles. The molecular weight excluding hydrogens is 342 g/mol. The molecule has 140 valence electrons. The fraction of sp³-hybridized carbons (Fsp3) is 0.333. The molecule has 0 unspecified atom stereocenters. The molecule has 3 rings (SSSR count). The van der Waals surface area contributed by atoms with Gasteiger partial charge in [0, 0.05) is 12.2 Å². The second-order valence-electron chi connectivity index (χ2n) is 6.12. The van der Waals surface area contributed by atoms with Crippen LogP contribution >= 0.6 is 0 Å². The Morgan fingerprint density at radius 2 is 2.04 bits per heavy atom. The molecule has 1 heterocycles. The van der Waals surface area contributed by atoms with E-state index in [9.17, 15) is 4.79 Å². The number of hydrogen-bond donors (Lipinski definition) is 0. The molecular formula is C21H23N3O3. The number of anilines is 2. The molecule has 1 aliphatic rings. The van der Waals surface area contributed by atoms with E-state index < -0.39 is 0 Å². The van der Waals surface area contributed by atoms with Crippen LogP contribution in [0.5, 0.6) is 11.5 Å². The van der Waals surface area contributed by atoms with Gasteiger partial charge in [-0.15, -0.1) is 0 Å². The molecule has 0 N–H and O–H groups in total. The third kappa shape index (κ3) is 4.50. The normalized spacial score (nSPS) is 12.5. The van der Waals surface area contributed by atoms with E-state index >= 15 is 0 Å². The van der Waals surface area contributed by atoms with E-state index in [1.807, 2.05) is 60.4 Å². The number of ether oxygens (including phenoxy) is 2. The van der Waals surface area contributed by atoms with Gasteiger partial charge in [-0.05, 0) is 43.3 Å². The Balaban J connectivity index is 1.77. The van der Waals surface area contributed by atoms with E-state index in [-0.39, 0.29) is 18.9 Å². The summed E-state index contributed by atoms with van der Waals surface area (Å²) >= 11 is 0. The Labute approximate surface area is 159 Å². The standard InChI is InChI=1S/C21H23N3O3/c1-2-26-18-10-8-17(9-11-18)24(13-5-12-22)21(25)16-23-14-15-27-20-7-4-3-6-19(20)23/h3-4,6-11H,2,5,13-16H2,1H3. The van der Waals surface area contributed by atoms with Crippen molar-refractivity contribution in [3.05, 3.63) is 48.5 Å². The Morgan fingerprint density at radius 1 is 1.26 bits per heavy atom. The first-order valence-corrected chi connectivity index (χ1v) is 9.10. The smallest absolute Gasteiger partial charge is 0.246 e. The molecule has 2 aromatic rings. The van der Waals surface area contributed by atoms with Gasteiger partial charge >= 0.3 is 0 Å². The van der Waals surface area contributed by atoms with Crippen molar-refractivity contribution in [2.45, 2.75) is 13.3 Å². The fourth-order valence-electron chi connectivity index (χ4n) is 3.09. The molecule has 0 aliphatic carbocycles. The van der Waals surface area contributed by atoms with Crippen molar-refractivity contribution in [2.75, 3.05) is 42.6 Å². The molecule has 0 bridgehead atoms. The number of benzene rings is 2. The molecule has 2 aromatic carbocycles. The lowest BCUT2D eigenvalue weighted by Crippen LogP contribution is -2.43. The number of rotatable bonds is 7. The number of nitriles is 1. The van der Waals surface area contributed by atoms with Gasteiger partial charge in [0.1, 0.15) is 18.1 Å². The van der Waals surface area contributed by atoms with E-state index in [1.54, 1.807) is 4.90 Å². The first kappa shape index (κ1) is 18.6. The van der Waals surface area contributed by atoms with Crippen molar-refractivity contribution in [1.82, 2.24) is 0 Å². The molecule has 0 aromatic heterocycles. The summed E-state index contributed by atoms with van der Waals surface area (Å²) < 4.78 is 11.1. The lowest BCUT2D eigenvalue weighted by molar-refractivity contribution is -0.117. The quantitative estimate of drug-likeness (QED) is 0.754. The van der Waals surface area contributed by atoms with Crippen molar-refractivity contribution < 1.29 is 14.3 Å². The zero-order valence-corrected chi connectivity index (χ0v) is 15.4. The van der Waals surface area contributed by atoms with Crippen LogP contribution in [0.25, 0.3) is 0 Å². The second-order valence-corrected chi connectivity index (χ2v) is 6.12. The van der Waals surface area contributed by atoms with Crippen molar-refractivity contribution in [3.63, 3.8) is 0 Å². The summed E-state index contributed by atoms with van der Waals surface area (Å²) in [6, 6.07) is 17.2. The average molecular weight is 365 g/mol. The number of para-hydroxylation sites is 2. The first-order chi connectivity index (χ1) is 13.2. The summed E-state index contributed by atoms with van der Waals surface area (Å²) in [4.78, 5) is 16.7. The van der Waals surface area contributed by atoms with Crippen LogP contribution in [0.1, 0.15) is 13.3 Å². The highest BCUT2D eigenvalue weighted by Gasteiger charge is 2.23. The van der Waals surface area contributed by atoms with Gasteiger partial charge in [0.25, 0.3) is 0 Å². The third-order valence-electron chi connectivity index (χ3n) is 4.36. The van der Waals surface area contributed by atoms with Crippen LogP contribution in [-0.4, -0.2) is 38.8 Å². The van der Waals surface area contributed by atoms with Crippen molar-refractivity contribution in [2.24, 2.45) is 0 Å². The zero-order chi connectivity index (χ0) is 19.1. The summed E-state index contributed by atoms with van der Waals surface area (Å²) in [5, 5.41) is 8.97. The van der Waals surface area contributed by atoms with E-state index in [4.69, 9.17) is 14.7 Å². The molecule has 0 fully saturated rings. The van der Waals surface area contributed by atoms with E-state index in [0.717, 1.165) is 22.9 Å². The highest BCUT2D eigenvalue weighted by molar-refractivity contribution is 5.96. The predicted octanol–water partition coefficient (Wildman–Crippen LogP) is 3.23. The van der Waals surface area contributed by atoms with Crippen LogP contribution in [0.2, 0.25) is 0 Å². The Bertz CT molecular complexity index is 814. The molecule has 0 radical (unpaired) electrons. The van der Waals surface area contributed by atoms with Gasteiger partial charge in [-0.2, -0.15) is 5.26 Å². The molecule has 1 aliphatic heterocycles. The van der Waals surface area contributed by atoms with Crippen LogP contribution in [0.4, 0.5) is 11.4 Å². The van der Waals surface area contributed by atoms with Crippen LogP contribution in [-0.2, 0) is 4.79 Å². The SMILES string of the molecule is CCOc1ccc(N(CCC#N)C(=O)CN2CCOc3ccccc32)cc1. The third-order valence-corrected chi connectivity index (χ3v) is 4.36. The first-order valence-electron chi connectivity index (χ1n) is 9.10. The van der Waals surface area contributed by atoms with Crippen LogP contribution in [0.15, 0.2) is 48.5 Å². The van der Waals surface area contributed by atoms with Gasteiger partial charge in [0.05, 0.1) is 37.9 Å². The van der Waals surface area contributed by atoms with Crippen molar-refractivity contribution in [1.29, 1.82) is 5.26 Å². The Kier molecular flexibility index (Phi) is 6.16. The highest BCUT2D eigenvalue weighted by atomic mass is 16.5. The van der Waals surface area contributed by atoms with Gasteiger partial charge in [-0.1, -0.05) is 12.1 Å². The molecule has 0 saturated heterocycles. The second kappa shape index (κ2) is 8.95. The van der Waals surface area contributed by atoms with E-state index in [0.29, 0.717) is 26.3 Å². The van der Waals surface area contributed by atoms with Crippen LogP contribution in [0, 0.1) is 11.3 Å². The maximum absolute atomic E-state index is 13.0. The minimum Gasteiger partial charge on any atom is -0.494 e. The molecule has 1 amide bonds. The molecule has 0 spiro atoms. The van der Waals surface area contributed by atoms with Gasteiger partial charge in [0.2, 0.25) is 5.91 Å². The van der Waals surface area contributed by atoms with Gasteiger partial charge in [-0.25, -0.2) is 0 Å². The topological polar surface area (TPSA) is 65.8 Å². The predicted molar refractivity (Wildman–Crippen MR) is 104 cm³/mol. The fourth-order valence-corrected chi connectivity index (χ4v) is 3.09. The van der Waals surface area contributed by atoms with Crippen molar-refractivity contribution in [3.8, 4) is 17.6 Å². The summed E-state index contributed by atoms with van der Waals surface area (Å²) in [6.07, 6.45) is 0.276. The maximum Gasteiger partial charge on any atom is 0.246 e. The number of hydrogen-bond acceptors (Lipinski definition) is 5. The van der Waals surface area contributed by atoms with Crippen LogP contribution < -0.4 is 19.3 Å². The number of amides is 1. The van der Waals surface area contributed by atoms with Crippen LogP contribution in [0.3, 0.4) is 0 Å². The Hall–Kier alpha value is -3.20. The maximum atomic E-state index is 13.0. The summed E-state index contributed by atoms with van der Waals surface area (Å²) in [7, 11) is 0. The largest absolute Gasteiger partial charge is 0.494 e. The number of nitrogens with zero attached hydrogens (tertiary/aromatic N) is 3. The molecule has 6 heteroatoms. The Morgan fingerprint density at radius 3 is 2.78 bits per heavy atom. The zero-order valence-electron chi connectivity index (χ0n) is 15.4. The summed E-state index contributed by atoms with van der Waals surface area (Å²) in [5.74, 6) is 1.50. The van der Waals surface area contributed by atoms with E-state index in [2.05, 4.69) is 6.07 Å². The molecule has 27 heavy (non-hydrogen) atoms. The van der Waals surface area contributed by atoms with Gasteiger partial charge < -0.3 is 19.3 Å². The minimum absolute atomic E-state index is 0.0499. The van der Waals surface area contributed by atoms with Gasteiger partial charge in [0.15, 0.2) is 0 Å². The van der Waals surface area contributed by atoms with Crippen molar-refractivity contribution >= 4 is 17.3 Å². The number of carbonyl (C=O) groups is 1. The minimum atomic E-state index is -0.0499. The number of carbonyl (C=O) groups excluding carboxylic acids is 1. The van der Waals surface area contributed by atoms with Gasteiger partial charge in [-0.3, -0.25) is 4.79 Å². The lowest BCUT2D eigenvalue weighted by atomic mass is 10.2. The van der Waals surface area contributed by atoms with E-state index in [1.165, 1.54) is 0 Å². The summed E-state index contributed by atoms with van der Waals surface area (Å²) in [5.41, 5.74) is 1.68. The molecule has 0 atom stereocenters. The lowest BCUT2D eigenvalue weighted by Gasteiger charge is -2.32. The molecule has 6 nitrogen and oxygen atoms in total. The summed E-state index contributed by atoms with van der Waals surface area (Å²) in [6.45, 7) is 4.31. The monoisotopic (exact) mass is 365 g/mol.